The molecule has 1 aromatic rings. The van der Waals surface area contributed by atoms with Crippen LogP contribution < -0.4 is 9.64 Å². The van der Waals surface area contributed by atoms with Gasteiger partial charge in [0, 0.05) is 12.7 Å². The first-order valence-electron chi connectivity index (χ1n) is 7.10. The lowest BCUT2D eigenvalue weighted by Gasteiger charge is -2.19. The number of nitrogens with one attached hydrogen (secondary N) is 1. The third kappa shape index (κ3) is 4.40. The molecule has 118 valence electrons. The van der Waals surface area contributed by atoms with Crippen LogP contribution in [-0.4, -0.2) is 40.4 Å². The highest BCUT2D eigenvalue weighted by Gasteiger charge is 2.25. The molecule has 1 amide bonds. The minimum absolute atomic E-state index is 0.0520. The second-order valence-corrected chi connectivity index (χ2v) is 4.68. The molecule has 0 aliphatic rings. The van der Waals surface area contributed by atoms with Gasteiger partial charge in [-0.1, -0.05) is 26.7 Å². The van der Waals surface area contributed by atoms with Crippen LogP contribution in [0.15, 0.2) is 6.20 Å². The van der Waals surface area contributed by atoms with Crippen LogP contribution in [0.4, 0.5) is 10.6 Å². The highest BCUT2D eigenvalue weighted by Crippen LogP contribution is 2.32. The monoisotopic (exact) mass is 298 g/mol. The normalized spacial score (nSPS) is 10.4. The minimum atomic E-state index is -1.15. The van der Waals surface area contributed by atoms with Crippen molar-refractivity contribution in [2.45, 2.75) is 39.5 Å². The SMILES string of the molecule is CCCCOc1c(C(=O)O)c[nH]c1N(CCCC)C(=O)O. The van der Waals surface area contributed by atoms with Crippen LogP contribution in [-0.2, 0) is 0 Å². The number of H-pyrrole nitrogens is 1. The molecule has 1 heterocycles. The molecule has 1 aromatic heterocycles. The molecule has 21 heavy (non-hydrogen) atoms. The Balaban J connectivity index is 3.07. The van der Waals surface area contributed by atoms with Gasteiger partial charge in [-0.3, -0.25) is 4.90 Å². The topological polar surface area (TPSA) is 103 Å². The third-order valence-corrected chi connectivity index (χ3v) is 3.02. The molecule has 0 saturated heterocycles. The van der Waals surface area contributed by atoms with Gasteiger partial charge in [0.05, 0.1) is 6.61 Å². The van der Waals surface area contributed by atoms with E-state index in [1.807, 2.05) is 13.8 Å². The molecule has 0 atom stereocenters. The maximum Gasteiger partial charge on any atom is 0.413 e. The number of hydrogen-bond donors (Lipinski definition) is 3. The average molecular weight is 298 g/mol. The fraction of sp³-hybridized carbons (Fsp3) is 0.571. The van der Waals surface area contributed by atoms with E-state index < -0.39 is 12.1 Å². The number of aromatic carboxylic acids is 1. The molecule has 7 heteroatoms. The van der Waals surface area contributed by atoms with Crippen molar-refractivity contribution in [1.29, 1.82) is 0 Å². The number of carboxylic acids is 1. The molecule has 0 bridgehead atoms. The van der Waals surface area contributed by atoms with Crippen molar-refractivity contribution in [2.75, 3.05) is 18.1 Å². The van der Waals surface area contributed by atoms with E-state index in [0.29, 0.717) is 13.0 Å². The van der Waals surface area contributed by atoms with Crippen molar-refractivity contribution in [3.8, 4) is 5.75 Å². The maximum atomic E-state index is 11.4. The Morgan fingerprint density at radius 3 is 2.43 bits per heavy atom. The standard InChI is InChI=1S/C14H22N2O5/c1-3-5-7-16(14(19)20)12-11(21-8-6-4-2)10(9-15-12)13(17)18/h9,15H,3-8H2,1-2H3,(H,17,18)(H,19,20). The van der Waals surface area contributed by atoms with Crippen LogP contribution in [0, 0.1) is 0 Å². The Kier molecular flexibility index (Phi) is 6.58. The number of aromatic amines is 1. The Morgan fingerprint density at radius 2 is 1.90 bits per heavy atom. The van der Waals surface area contributed by atoms with Crippen molar-refractivity contribution in [1.82, 2.24) is 4.98 Å². The van der Waals surface area contributed by atoms with E-state index in [-0.39, 0.29) is 23.7 Å². The van der Waals surface area contributed by atoms with Gasteiger partial charge in [0.1, 0.15) is 5.56 Å². The molecular weight excluding hydrogens is 276 g/mol. The molecule has 1 rings (SSSR count). The summed E-state index contributed by atoms with van der Waals surface area (Å²) in [6.07, 6.45) is 3.32. The molecule has 7 nitrogen and oxygen atoms in total. The van der Waals surface area contributed by atoms with Crippen molar-refractivity contribution in [3.05, 3.63) is 11.8 Å². The fourth-order valence-electron chi connectivity index (χ4n) is 1.84. The number of anilines is 1. The summed E-state index contributed by atoms with van der Waals surface area (Å²) >= 11 is 0. The predicted octanol–water partition coefficient (Wildman–Crippen LogP) is 3.18. The van der Waals surface area contributed by atoms with Gasteiger partial charge in [0.15, 0.2) is 11.6 Å². The van der Waals surface area contributed by atoms with Gasteiger partial charge in [-0.2, -0.15) is 0 Å². The van der Waals surface area contributed by atoms with Crippen LogP contribution in [0.2, 0.25) is 0 Å². The van der Waals surface area contributed by atoms with Crippen LogP contribution in [0.5, 0.6) is 5.75 Å². The van der Waals surface area contributed by atoms with E-state index in [1.54, 1.807) is 0 Å². The molecule has 0 unspecified atom stereocenters. The highest BCUT2D eigenvalue weighted by atomic mass is 16.5. The molecule has 3 N–H and O–H groups in total. The number of unbranched alkanes of at least 4 members (excludes halogenated alkanes) is 2. The lowest BCUT2D eigenvalue weighted by Crippen LogP contribution is -2.31. The van der Waals surface area contributed by atoms with Crippen LogP contribution >= 0.6 is 0 Å². The molecule has 0 spiro atoms. The van der Waals surface area contributed by atoms with Gasteiger partial charge in [0.25, 0.3) is 0 Å². The number of amides is 1. The van der Waals surface area contributed by atoms with Crippen molar-refractivity contribution in [2.24, 2.45) is 0 Å². The molecule has 0 radical (unpaired) electrons. The fourth-order valence-corrected chi connectivity index (χ4v) is 1.84. The summed E-state index contributed by atoms with van der Waals surface area (Å²) < 4.78 is 5.50. The van der Waals surface area contributed by atoms with Gasteiger partial charge >= 0.3 is 12.1 Å². The number of carboxylic acid groups (broad SMARTS) is 2. The summed E-state index contributed by atoms with van der Waals surface area (Å²) in [5.74, 6) is -0.872. The molecule has 0 aromatic carbocycles. The molecule has 0 saturated carbocycles. The first-order valence-corrected chi connectivity index (χ1v) is 7.10. The van der Waals surface area contributed by atoms with Crippen LogP contribution in [0.25, 0.3) is 0 Å². The first-order chi connectivity index (χ1) is 10.0. The van der Waals surface area contributed by atoms with Crippen molar-refractivity contribution >= 4 is 17.9 Å². The number of nitrogens with zero attached hydrogens (tertiary/aromatic N) is 1. The molecule has 0 fully saturated rings. The lowest BCUT2D eigenvalue weighted by atomic mass is 10.3. The second kappa shape index (κ2) is 8.18. The number of hydrogen-bond acceptors (Lipinski definition) is 3. The van der Waals surface area contributed by atoms with Gasteiger partial charge in [-0.15, -0.1) is 0 Å². The minimum Gasteiger partial charge on any atom is -0.489 e. The van der Waals surface area contributed by atoms with Crippen LogP contribution in [0.3, 0.4) is 0 Å². The quantitative estimate of drug-likeness (QED) is 0.607. The van der Waals surface area contributed by atoms with E-state index in [4.69, 9.17) is 9.84 Å². The van der Waals surface area contributed by atoms with Gasteiger partial charge in [-0.25, -0.2) is 9.59 Å². The van der Waals surface area contributed by atoms with E-state index in [0.717, 1.165) is 24.2 Å². The summed E-state index contributed by atoms with van der Waals surface area (Å²) in [5.41, 5.74) is -0.0520. The van der Waals surface area contributed by atoms with E-state index in [2.05, 4.69) is 4.98 Å². The first kappa shape index (κ1) is 16.9. The number of rotatable bonds is 9. The molecular formula is C14H22N2O5. The zero-order valence-corrected chi connectivity index (χ0v) is 12.4. The lowest BCUT2D eigenvalue weighted by molar-refractivity contribution is 0.0692. The highest BCUT2D eigenvalue weighted by molar-refractivity contribution is 5.96. The zero-order chi connectivity index (χ0) is 15.8. The summed E-state index contributed by atoms with van der Waals surface area (Å²) in [6, 6.07) is 0. The largest absolute Gasteiger partial charge is 0.489 e. The summed E-state index contributed by atoms with van der Waals surface area (Å²) in [4.78, 5) is 26.4. The van der Waals surface area contributed by atoms with Gasteiger partial charge in [0.2, 0.25) is 0 Å². The van der Waals surface area contributed by atoms with Crippen molar-refractivity contribution in [3.63, 3.8) is 0 Å². The molecule has 0 aliphatic heterocycles. The number of aromatic nitrogens is 1. The summed E-state index contributed by atoms with van der Waals surface area (Å²) in [5, 5.41) is 18.5. The van der Waals surface area contributed by atoms with Crippen LogP contribution in [0.1, 0.15) is 49.9 Å². The van der Waals surface area contributed by atoms with Gasteiger partial charge in [-0.05, 0) is 12.8 Å². The summed E-state index contributed by atoms with van der Waals surface area (Å²) in [7, 11) is 0. The van der Waals surface area contributed by atoms with E-state index in [1.165, 1.54) is 6.20 Å². The smallest absolute Gasteiger partial charge is 0.413 e. The second-order valence-electron chi connectivity index (χ2n) is 4.68. The van der Waals surface area contributed by atoms with E-state index >= 15 is 0 Å². The predicted molar refractivity (Wildman–Crippen MR) is 78.4 cm³/mol. The van der Waals surface area contributed by atoms with Crippen molar-refractivity contribution < 1.29 is 24.5 Å². The van der Waals surface area contributed by atoms with Gasteiger partial charge < -0.3 is 19.9 Å². The summed E-state index contributed by atoms with van der Waals surface area (Å²) in [6.45, 7) is 4.58. The third-order valence-electron chi connectivity index (χ3n) is 3.02. The Hall–Kier alpha value is -2.18. The van der Waals surface area contributed by atoms with E-state index in [9.17, 15) is 14.7 Å². The zero-order valence-electron chi connectivity index (χ0n) is 12.4. The maximum absolute atomic E-state index is 11.4. The number of carbonyl (C=O) groups is 2. The number of ether oxygens (including phenoxy) is 1. The molecule has 0 aliphatic carbocycles. The average Bonchev–Trinajstić information content (AvgIpc) is 2.83. The Bertz CT molecular complexity index is 484. The Morgan fingerprint density at radius 1 is 1.24 bits per heavy atom. The Labute approximate surface area is 123 Å².